The summed E-state index contributed by atoms with van der Waals surface area (Å²) in [5.41, 5.74) is -0.624. The molecule has 0 spiro atoms. The van der Waals surface area contributed by atoms with Crippen molar-refractivity contribution >= 4 is 28.1 Å². The van der Waals surface area contributed by atoms with E-state index in [2.05, 4.69) is 0 Å². The molecule has 2 aromatic carbocycles. The number of carbonyl (C=O) groups is 3. The maximum absolute atomic E-state index is 12.2. The summed E-state index contributed by atoms with van der Waals surface area (Å²) >= 11 is 0. The van der Waals surface area contributed by atoms with Crippen molar-refractivity contribution in [3.8, 4) is 18.2 Å². The molecule has 0 unspecified atom stereocenters. The molecule has 0 heterocycles. The van der Waals surface area contributed by atoms with Crippen LogP contribution in [0.4, 0.5) is 0 Å². The molecule has 0 atom stereocenters. The lowest BCUT2D eigenvalue weighted by Crippen LogP contribution is -2.11. The molecule has 0 saturated heterocycles. The predicted octanol–water partition coefficient (Wildman–Crippen LogP) is 3.06. The van der Waals surface area contributed by atoms with Crippen LogP contribution in [0, 0.1) is 34.0 Å². The molecular formula is C19H11N3O3. The fourth-order valence-electron chi connectivity index (χ4n) is 2.93. The van der Waals surface area contributed by atoms with Crippen molar-refractivity contribution in [3.63, 3.8) is 0 Å². The van der Waals surface area contributed by atoms with E-state index < -0.39 is 11.6 Å². The Hall–Kier alpha value is -3.82. The first kappa shape index (κ1) is 17.5. The molecule has 0 aromatic heterocycles. The molecule has 0 aliphatic rings. The first-order chi connectivity index (χ1) is 11.8. The summed E-state index contributed by atoms with van der Waals surface area (Å²) in [6.45, 7) is 3.72. The maximum atomic E-state index is 12.2. The quantitative estimate of drug-likeness (QED) is 0.797. The minimum atomic E-state index is -0.536. The lowest BCUT2D eigenvalue weighted by Gasteiger charge is -2.15. The van der Waals surface area contributed by atoms with Crippen LogP contribution < -0.4 is 0 Å². The number of hydrogen-bond donors (Lipinski definition) is 0. The van der Waals surface area contributed by atoms with E-state index in [1.54, 1.807) is 12.1 Å². The highest BCUT2D eigenvalue weighted by atomic mass is 16.1. The molecule has 6 heteroatoms. The number of Topliss-reactive ketones (excluding diaryl/α,β-unsaturated/α-hetero) is 3. The van der Waals surface area contributed by atoms with E-state index in [0.29, 0.717) is 0 Å². The van der Waals surface area contributed by atoms with Gasteiger partial charge in [0, 0.05) is 27.5 Å². The average Bonchev–Trinajstić information content (AvgIpc) is 2.57. The summed E-state index contributed by atoms with van der Waals surface area (Å²) in [4.78, 5) is 36.4. The molecule has 0 radical (unpaired) electrons. The number of rotatable bonds is 3. The second-order valence-corrected chi connectivity index (χ2v) is 5.41. The molecule has 0 amide bonds. The Morgan fingerprint density at radius 1 is 0.720 bits per heavy atom. The molecule has 0 bridgehead atoms. The predicted molar refractivity (Wildman–Crippen MR) is 88.1 cm³/mol. The highest BCUT2D eigenvalue weighted by Gasteiger charge is 2.27. The molecule has 0 aliphatic carbocycles. The molecule has 25 heavy (non-hydrogen) atoms. The van der Waals surface area contributed by atoms with Gasteiger partial charge >= 0.3 is 0 Å². The van der Waals surface area contributed by atoms with Gasteiger partial charge in [-0.25, -0.2) is 0 Å². The second kappa shape index (κ2) is 6.35. The third-order valence-corrected chi connectivity index (χ3v) is 3.89. The van der Waals surface area contributed by atoms with Crippen molar-refractivity contribution in [1.82, 2.24) is 0 Å². The van der Waals surface area contributed by atoms with Crippen molar-refractivity contribution in [3.05, 3.63) is 45.5 Å². The number of benzene rings is 2. The van der Waals surface area contributed by atoms with Gasteiger partial charge in [-0.05, 0) is 20.8 Å². The Balaban J connectivity index is 3.39. The molecule has 0 fully saturated rings. The normalized spacial score (nSPS) is 9.76. The Morgan fingerprint density at radius 2 is 1.24 bits per heavy atom. The summed E-state index contributed by atoms with van der Waals surface area (Å²) < 4.78 is 0. The van der Waals surface area contributed by atoms with Crippen LogP contribution >= 0.6 is 0 Å². The van der Waals surface area contributed by atoms with Crippen LogP contribution in [0.25, 0.3) is 10.8 Å². The fourth-order valence-corrected chi connectivity index (χ4v) is 2.93. The zero-order valence-corrected chi connectivity index (χ0v) is 13.7. The van der Waals surface area contributed by atoms with Crippen molar-refractivity contribution < 1.29 is 14.4 Å². The smallest absolute Gasteiger partial charge is 0.161 e. The van der Waals surface area contributed by atoms with Gasteiger partial charge in [0.2, 0.25) is 0 Å². The molecule has 0 N–H and O–H groups in total. The van der Waals surface area contributed by atoms with Crippen LogP contribution in [0.1, 0.15) is 68.5 Å². The van der Waals surface area contributed by atoms with Crippen molar-refractivity contribution in [2.75, 3.05) is 0 Å². The third-order valence-electron chi connectivity index (χ3n) is 3.89. The van der Waals surface area contributed by atoms with Crippen LogP contribution in [0.5, 0.6) is 0 Å². The molecule has 2 aromatic rings. The lowest BCUT2D eigenvalue weighted by atomic mass is 9.83. The molecule has 6 nitrogen and oxygen atoms in total. The van der Waals surface area contributed by atoms with Gasteiger partial charge in [-0.15, -0.1) is 0 Å². The summed E-state index contributed by atoms with van der Waals surface area (Å²) in [5, 5.41) is 28.5. The van der Waals surface area contributed by atoms with Crippen LogP contribution in [-0.4, -0.2) is 17.3 Å². The molecule has 0 aliphatic heterocycles. The minimum absolute atomic E-state index is 0.0207. The van der Waals surface area contributed by atoms with Crippen LogP contribution in [0.2, 0.25) is 0 Å². The Bertz CT molecular complexity index is 1110. The van der Waals surface area contributed by atoms with Gasteiger partial charge in [0.05, 0.1) is 16.7 Å². The van der Waals surface area contributed by atoms with Crippen molar-refractivity contribution in [2.45, 2.75) is 20.8 Å². The van der Waals surface area contributed by atoms with E-state index in [-0.39, 0.29) is 49.9 Å². The fraction of sp³-hybridized carbons (Fsp3) is 0.158. The van der Waals surface area contributed by atoms with Gasteiger partial charge in [-0.3, -0.25) is 14.4 Å². The Morgan fingerprint density at radius 3 is 1.64 bits per heavy atom. The Kier molecular flexibility index (Phi) is 4.46. The molecule has 2 rings (SSSR count). The Labute approximate surface area is 143 Å². The first-order valence-corrected chi connectivity index (χ1v) is 7.19. The van der Waals surface area contributed by atoms with Gasteiger partial charge in [0.15, 0.2) is 17.3 Å². The highest BCUT2D eigenvalue weighted by molar-refractivity contribution is 6.22. The number of ketones is 3. The van der Waals surface area contributed by atoms with Gasteiger partial charge in [0.25, 0.3) is 0 Å². The first-order valence-electron chi connectivity index (χ1n) is 7.19. The van der Waals surface area contributed by atoms with E-state index in [1.807, 2.05) is 6.07 Å². The number of hydrogen-bond acceptors (Lipinski definition) is 6. The van der Waals surface area contributed by atoms with Crippen molar-refractivity contribution in [2.24, 2.45) is 0 Å². The second-order valence-electron chi connectivity index (χ2n) is 5.41. The molecule has 0 saturated carbocycles. The monoisotopic (exact) mass is 329 g/mol. The van der Waals surface area contributed by atoms with E-state index in [0.717, 1.165) is 0 Å². The minimum Gasteiger partial charge on any atom is -0.294 e. The van der Waals surface area contributed by atoms with Gasteiger partial charge < -0.3 is 0 Å². The van der Waals surface area contributed by atoms with E-state index in [4.69, 9.17) is 0 Å². The third kappa shape index (κ3) is 2.55. The van der Waals surface area contributed by atoms with Crippen LogP contribution in [0.15, 0.2) is 12.1 Å². The van der Waals surface area contributed by atoms with Crippen LogP contribution in [-0.2, 0) is 0 Å². The number of nitriles is 3. The van der Waals surface area contributed by atoms with Crippen molar-refractivity contribution in [1.29, 1.82) is 15.8 Å². The summed E-state index contributed by atoms with van der Waals surface area (Å²) in [5.74, 6) is -1.40. The van der Waals surface area contributed by atoms with Gasteiger partial charge in [-0.2, -0.15) is 15.8 Å². The standard InChI is InChI=1S/C19H11N3O3/c1-9(23)12-4-5-13-14(6-20)15(7-21)16(8-22)18(11(3)25)19(13)17(12)10(2)24/h4-5H,1-3H3. The maximum Gasteiger partial charge on any atom is 0.161 e. The number of carbonyl (C=O) groups excluding carboxylic acids is 3. The SMILES string of the molecule is CC(=O)c1ccc2c(C#N)c(C#N)c(C#N)c(C(C)=O)c2c1C(C)=O. The average molecular weight is 329 g/mol. The zero-order chi connectivity index (χ0) is 18.9. The van der Waals surface area contributed by atoms with E-state index in [1.165, 1.54) is 32.9 Å². The number of nitrogens with zero attached hydrogens (tertiary/aromatic N) is 3. The molecular weight excluding hydrogens is 318 g/mol. The highest BCUT2D eigenvalue weighted by Crippen LogP contribution is 2.34. The topological polar surface area (TPSA) is 123 Å². The van der Waals surface area contributed by atoms with Gasteiger partial charge in [0.1, 0.15) is 18.2 Å². The summed E-state index contributed by atoms with van der Waals surface area (Å²) in [7, 11) is 0. The van der Waals surface area contributed by atoms with Crippen LogP contribution in [0.3, 0.4) is 0 Å². The number of fused-ring (bicyclic) bond motifs is 1. The van der Waals surface area contributed by atoms with E-state index >= 15 is 0 Å². The summed E-state index contributed by atoms with van der Waals surface area (Å²) in [6.07, 6.45) is 0. The van der Waals surface area contributed by atoms with Gasteiger partial charge in [-0.1, -0.05) is 12.1 Å². The lowest BCUT2D eigenvalue weighted by molar-refractivity contribution is 0.0981. The molecule has 120 valence electrons. The zero-order valence-electron chi connectivity index (χ0n) is 13.7. The van der Waals surface area contributed by atoms with E-state index in [9.17, 15) is 30.2 Å². The summed E-state index contributed by atoms with van der Waals surface area (Å²) in [6, 6.07) is 8.25. The largest absolute Gasteiger partial charge is 0.294 e.